The zero-order chi connectivity index (χ0) is 11.6. The lowest BCUT2D eigenvalue weighted by Crippen LogP contribution is -2.27. The molecule has 1 rings (SSSR count). The van der Waals surface area contributed by atoms with Crippen molar-refractivity contribution >= 4 is 5.69 Å². The van der Waals surface area contributed by atoms with Gasteiger partial charge in [0.1, 0.15) is 6.10 Å². The van der Waals surface area contributed by atoms with Crippen molar-refractivity contribution in [3.8, 4) is 0 Å². The minimum Gasteiger partial charge on any atom is -0.398 e. The van der Waals surface area contributed by atoms with Gasteiger partial charge < -0.3 is 21.7 Å². The lowest BCUT2D eigenvalue weighted by molar-refractivity contribution is 0.0243. The van der Waals surface area contributed by atoms with E-state index in [0.29, 0.717) is 11.3 Å². The normalized spacial score (nSPS) is 15.0. The lowest BCUT2D eigenvalue weighted by atomic mass is 9.98. The fourth-order valence-corrected chi connectivity index (χ4v) is 1.53. The Morgan fingerprint density at radius 2 is 1.67 bits per heavy atom. The van der Waals surface area contributed by atoms with Crippen molar-refractivity contribution in [3.05, 3.63) is 28.8 Å². The highest BCUT2D eigenvalue weighted by Gasteiger charge is 2.17. The number of hydrogen-bond acceptors (Lipinski definition) is 4. The second-order valence-electron chi connectivity index (χ2n) is 3.82. The molecule has 0 saturated heterocycles. The Hall–Kier alpha value is -1.10. The van der Waals surface area contributed by atoms with Crippen molar-refractivity contribution < 1.29 is 10.2 Å². The van der Waals surface area contributed by atoms with E-state index < -0.39 is 12.2 Å². The first kappa shape index (κ1) is 12.0. The lowest BCUT2D eigenvalue weighted by Gasteiger charge is -2.18. The molecule has 0 fully saturated rings. The summed E-state index contributed by atoms with van der Waals surface area (Å²) in [5.74, 6) is 0. The number of rotatable bonds is 3. The summed E-state index contributed by atoms with van der Waals surface area (Å²) in [6, 6.07) is 3.54. The van der Waals surface area contributed by atoms with Gasteiger partial charge in [-0.15, -0.1) is 0 Å². The van der Waals surface area contributed by atoms with Gasteiger partial charge in [-0.3, -0.25) is 0 Å². The molecule has 2 unspecified atom stereocenters. The number of aliphatic hydroxyl groups is 2. The van der Waals surface area contributed by atoms with Crippen LogP contribution in [0.1, 0.15) is 22.8 Å². The second-order valence-corrected chi connectivity index (χ2v) is 3.82. The van der Waals surface area contributed by atoms with E-state index in [1.165, 1.54) is 0 Å². The Kier molecular flexibility index (Phi) is 3.68. The molecule has 4 heteroatoms. The molecule has 0 amide bonds. The van der Waals surface area contributed by atoms with Crippen LogP contribution in [0.5, 0.6) is 0 Å². The molecule has 2 atom stereocenters. The molecule has 0 aliphatic heterocycles. The summed E-state index contributed by atoms with van der Waals surface area (Å²) >= 11 is 0. The molecule has 0 bridgehead atoms. The average Bonchev–Trinajstić information content (AvgIpc) is 2.23. The number of aliphatic hydroxyl groups excluding tert-OH is 2. The van der Waals surface area contributed by atoms with E-state index in [1.54, 1.807) is 12.1 Å². The summed E-state index contributed by atoms with van der Waals surface area (Å²) in [6.45, 7) is 3.77. The first-order valence-corrected chi connectivity index (χ1v) is 4.90. The van der Waals surface area contributed by atoms with Gasteiger partial charge in [-0.05, 0) is 30.5 Å². The van der Waals surface area contributed by atoms with Crippen LogP contribution in [0.2, 0.25) is 0 Å². The third-order valence-electron chi connectivity index (χ3n) is 2.56. The van der Waals surface area contributed by atoms with Crippen molar-refractivity contribution in [2.75, 3.05) is 12.3 Å². The van der Waals surface area contributed by atoms with Gasteiger partial charge in [-0.1, -0.05) is 12.1 Å². The topological polar surface area (TPSA) is 92.5 Å². The van der Waals surface area contributed by atoms with E-state index in [1.807, 2.05) is 13.8 Å². The maximum Gasteiger partial charge on any atom is 0.106 e. The number of nitrogen functional groups attached to an aromatic ring is 1. The fourth-order valence-electron chi connectivity index (χ4n) is 1.53. The molecule has 84 valence electrons. The zero-order valence-corrected chi connectivity index (χ0v) is 9.07. The van der Waals surface area contributed by atoms with E-state index in [2.05, 4.69) is 0 Å². The van der Waals surface area contributed by atoms with Crippen LogP contribution in [-0.4, -0.2) is 22.9 Å². The monoisotopic (exact) mass is 210 g/mol. The highest BCUT2D eigenvalue weighted by Crippen LogP contribution is 2.24. The van der Waals surface area contributed by atoms with Crippen LogP contribution in [0.3, 0.4) is 0 Å². The van der Waals surface area contributed by atoms with Gasteiger partial charge in [0.05, 0.1) is 6.10 Å². The van der Waals surface area contributed by atoms with Gasteiger partial charge >= 0.3 is 0 Å². The Balaban J connectivity index is 3.06. The van der Waals surface area contributed by atoms with Gasteiger partial charge in [0, 0.05) is 12.2 Å². The number of benzene rings is 1. The van der Waals surface area contributed by atoms with Crippen molar-refractivity contribution in [1.82, 2.24) is 0 Å². The van der Waals surface area contributed by atoms with Crippen LogP contribution in [0.25, 0.3) is 0 Å². The van der Waals surface area contributed by atoms with Gasteiger partial charge in [-0.25, -0.2) is 0 Å². The SMILES string of the molecule is Cc1cc(C(O)C(O)CN)cc(C)c1N. The number of hydrogen-bond donors (Lipinski definition) is 4. The Morgan fingerprint density at radius 1 is 1.20 bits per heavy atom. The van der Waals surface area contributed by atoms with E-state index >= 15 is 0 Å². The van der Waals surface area contributed by atoms with Gasteiger partial charge in [0.15, 0.2) is 0 Å². The number of aryl methyl sites for hydroxylation is 2. The summed E-state index contributed by atoms with van der Waals surface area (Å²) in [4.78, 5) is 0. The zero-order valence-electron chi connectivity index (χ0n) is 9.07. The summed E-state index contributed by atoms with van der Waals surface area (Å²) in [6.07, 6.45) is -1.89. The average molecular weight is 210 g/mol. The molecule has 0 aromatic heterocycles. The highest BCUT2D eigenvalue weighted by atomic mass is 16.3. The summed E-state index contributed by atoms with van der Waals surface area (Å²) in [7, 11) is 0. The minimum atomic E-state index is -0.951. The Bertz CT molecular complexity index is 329. The molecule has 0 saturated carbocycles. The fraction of sp³-hybridized carbons (Fsp3) is 0.455. The van der Waals surface area contributed by atoms with Crippen LogP contribution in [0.4, 0.5) is 5.69 Å². The molecule has 1 aromatic carbocycles. The van der Waals surface area contributed by atoms with E-state index in [4.69, 9.17) is 11.5 Å². The molecule has 4 nitrogen and oxygen atoms in total. The largest absolute Gasteiger partial charge is 0.398 e. The van der Waals surface area contributed by atoms with Crippen molar-refractivity contribution in [2.45, 2.75) is 26.1 Å². The molecule has 0 radical (unpaired) electrons. The summed E-state index contributed by atoms with van der Waals surface area (Å²) < 4.78 is 0. The number of nitrogens with two attached hydrogens (primary N) is 2. The minimum absolute atomic E-state index is 0.0314. The second kappa shape index (κ2) is 4.61. The van der Waals surface area contributed by atoms with Crippen LogP contribution >= 0.6 is 0 Å². The maximum absolute atomic E-state index is 9.76. The first-order valence-electron chi connectivity index (χ1n) is 4.90. The Morgan fingerprint density at radius 3 is 2.07 bits per heavy atom. The van der Waals surface area contributed by atoms with Gasteiger partial charge in [0.25, 0.3) is 0 Å². The number of anilines is 1. The molecule has 0 spiro atoms. The van der Waals surface area contributed by atoms with Crippen LogP contribution in [0, 0.1) is 13.8 Å². The molecular formula is C11H18N2O2. The van der Waals surface area contributed by atoms with E-state index in [0.717, 1.165) is 11.1 Å². The van der Waals surface area contributed by atoms with E-state index in [9.17, 15) is 10.2 Å². The molecule has 0 heterocycles. The third-order valence-corrected chi connectivity index (χ3v) is 2.56. The van der Waals surface area contributed by atoms with Crippen LogP contribution in [0.15, 0.2) is 12.1 Å². The Labute approximate surface area is 89.5 Å². The van der Waals surface area contributed by atoms with Gasteiger partial charge in [0.2, 0.25) is 0 Å². The predicted molar refractivity (Wildman–Crippen MR) is 60.3 cm³/mol. The first-order chi connectivity index (χ1) is 6.97. The quantitative estimate of drug-likeness (QED) is 0.538. The van der Waals surface area contributed by atoms with Crippen LogP contribution < -0.4 is 11.5 Å². The van der Waals surface area contributed by atoms with Crippen molar-refractivity contribution in [3.63, 3.8) is 0 Å². The van der Waals surface area contributed by atoms with Crippen molar-refractivity contribution in [2.24, 2.45) is 5.73 Å². The molecule has 15 heavy (non-hydrogen) atoms. The molecular weight excluding hydrogens is 192 g/mol. The molecule has 0 aliphatic carbocycles. The standard InChI is InChI=1S/C11H18N2O2/c1-6-3-8(4-7(2)10(6)13)11(15)9(14)5-12/h3-4,9,11,14-15H,5,12-13H2,1-2H3. The maximum atomic E-state index is 9.76. The highest BCUT2D eigenvalue weighted by molar-refractivity contribution is 5.54. The van der Waals surface area contributed by atoms with E-state index in [-0.39, 0.29) is 6.54 Å². The van der Waals surface area contributed by atoms with Crippen LogP contribution in [-0.2, 0) is 0 Å². The summed E-state index contributed by atoms with van der Waals surface area (Å²) in [5.41, 5.74) is 14.2. The molecule has 6 N–H and O–H groups in total. The van der Waals surface area contributed by atoms with Gasteiger partial charge in [-0.2, -0.15) is 0 Å². The summed E-state index contributed by atoms with van der Waals surface area (Å²) in [5, 5.41) is 19.2. The smallest absolute Gasteiger partial charge is 0.106 e. The third kappa shape index (κ3) is 2.47. The predicted octanol–water partition coefficient (Wildman–Crippen LogP) is 0.239. The van der Waals surface area contributed by atoms with Crippen molar-refractivity contribution in [1.29, 1.82) is 0 Å². The molecule has 1 aromatic rings. The molecule has 0 aliphatic rings.